The molecule has 0 aliphatic heterocycles. The van der Waals surface area contributed by atoms with Gasteiger partial charge in [-0.1, -0.05) is 48.5 Å². The quantitative estimate of drug-likeness (QED) is 0.164. The van der Waals surface area contributed by atoms with E-state index >= 15 is 0 Å². The van der Waals surface area contributed by atoms with Crippen molar-refractivity contribution in [3.63, 3.8) is 0 Å². The second-order valence-corrected chi connectivity index (χ2v) is 9.93. The van der Waals surface area contributed by atoms with Crippen molar-refractivity contribution in [3.8, 4) is 33.8 Å². The molecule has 7 rings (SSSR count). The number of fused-ring (bicyclic) bond motifs is 2. The molecule has 0 aliphatic rings. The van der Waals surface area contributed by atoms with E-state index in [0.717, 1.165) is 55.6 Å². The molecular formula is C33H25FN6O. The Balaban J connectivity index is 1.21. The number of hydrogen-bond donors (Lipinski definition) is 4. The first-order valence-corrected chi connectivity index (χ1v) is 13.3. The molecule has 7 aromatic rings. The first-order valence-electron chi connectivity index (χ1n) is 13.3. The van der Waals surface area contributed by atoms with Crippen LogP contribution in [-0.2, 0) is 6.42 Å². The molecule has 4 N–H and O–H groups in total. The third-order valence-electron chi connectivity index (χ3n) is 7.17. The van der Waals surface area contributed by atoms with Crippen LogP contribution in [0.5, 0.6) is 0 Å². The third kappa shape index (κ3) is 4.81. The van der Waals surface area contributed by atoms with Gasteiger partial charge in [-0.05, 0) is 53.6 Å². The second kappa shape index (κ2) is 10.3. The van der Waals surface area contributed by atoms with Crippen molar-refractivity contribution in [2.24, 2.45) is 0 Å². The number of benzene rings is 3. The molecule has 8 heteroatoms. The lowest BCUT2D eigenvalue weighted by atomic mass is 10.0. The first kappa shape index (κ1) is 24.7. The Hall–Kier alpha value is -5.34. The van der Waals surface area contributed by atoms with Gasteiger partial charge in [-0.25, -0.2) is 4.39 Å². The summed E-state index contributed by atoms with van der Waals surface area (Å²) in [5.74, 6) is -0.317. The summed E-state index contributed by atoms with van der Waals surface area (Å²) in [7, 11) is 0. The predicted octanol–water partition coefficient (Wildman–Crippen LogP) is 6.95. The zero-order valence-corrected chi connectivity index (χ0v) is 21.8. The van der Waals surface area contributed by atoms with Crippen molar-refractivity contribution in [1.82, 2.24) is 25.1 Å². The number of aliphatic hydroxyl groups is 1. The summed E-state index contributed by atoms with van der Waals surface area (Å²) >= 11 is 0. The number of nitrogens with one attached hydrogen (secondary N) is 3. The minimum Gasteiger partial charge on any atom is -0.373 e. The van der Waals surface area contributed by atoms with Gasteiger partial charge in [0, 0.05) is 46.2 Å². The van der Waals surface area contributed by atoms with Crippen molar-refractivity contribution in [3.05, 3.63) is 121 Å². The van der Waals surface area contributed by atoms with E-state index in [2.05, 4.69) is 36.5 Å². The summed E-state index contributed by atoms with van der Waals surface area (Å²) in [5.41, 5.74) is 7.93. The highest BCUT2D eigenvalue weighted by Crippen LogP contribution is 2.35. The van der Waals surface area contributed by atoms with Crippen LogP contribution >= 0.6 is 0 Å². The number of aromatic nitrogens is 5. The van der Waals surface area contributed by atoms with E-state index in [1.807, 2.05) is 60.7 Å². The lowest BCUT2D eigenvalue weighted by Gasteiger charge is -2.15. The number of hydrogen-bond acceptors (Lipinski definition) is 5. The Morgan fingerprint density at radius 3 is 2.51 bits per heavy atom. The lowest BCUT2D eigenvalue weighted by molar-refractivity contribution is 0.204. The molecule has 41 heavy (non-hydrogen) atoms. The van der Waals surface area contributed by atoms with Crippen LogP contribution in [0.25, 0.3) is 55.6 Å². The summed E-state index contributed by atoms with van der Waals surface area (Å²) in [6.07, 6.45) is 4.91. The van der Waals surface area contributed by atoms with E-state index in [-0.39, 0.29) is 5.82 Å². The van der Waals surface area contributed by atoms with E-state index in [0.29, 0.717) is 17.7 Å². The van der Waals surface area contributed by atoms with Crippen molar-refractivity contribution >= 4 is 27.5 Å². The number of aliphatic hydroxyl groups excluding tert-OH is 1. The molecule has 3 aromatic carbocycles. The highest BCUT2D eigenvalue weighted by atomic mass is 19.1. The van der Waals surface area contributed by atoms with E-state index in [1.165, 1.54) is 6.07 Å². The Labute approximate surface area is 234 Å². The number of halogens is 1. The number of rotatable bonds is 7. The van der Waals surface area contributed by atoms with Gasteiger partial charge in [0.15, 0.2) is 0 Å². The highest BCUT2D eigenvalue weighted by molar-refractivity contribution is 6.00. The molecule has 0 spiro atoms. The molecular weight excluding hydrogens is 515 g/mol. The number of aromatic amines is 2. The lowest BCUT2D eigenvalue weighted by Crippen LogP contribution is -2.21. The molecule has 7 nitrogen and oxygen atoms in total. The Bertz CT molecular complexity index is 2000. The minimum atomic E-state index is -0.747. The molecule has 0 amide bonds. The topological polar surface area (TPSA) is 103 Å². The summed E-state index contributed by atoms with van der Waals surface area (Å²) in [4.78, 5) is 12.3. The molecule has 4 aromatic heterocycles. The molecule has 0 aliphatic carbocycles. The Morgan fingerprint density at radius 1 is 0.805 bits per heavy atom. The standard InChI is InChI=1S/C33H25FN6O/c34-27-9-5-4-8-24(27)32-26-17-30(38-28(26)12-13-36-32)33-25-16-21(10-11-29(25)39-40-33)22-15-23(19-35-18-22)37-31(41)14-20-6-2-1-3-7-20/h1-13,15-19,31,37-38,41H,14H2,(H,39,40). The molecule has 0 bridgehead atoms. The largest absolute Gasteiger partial charge is 0.373 e. The van der Waals surface area contributed by atoms with Crippen LogP contribution in [-0.4, -0.2) is 36.5 Å². The van der Waals surface area contributed by atoms with Gasteiger partial charge in [0.2, 0.25) is 0 Å². The van der Waals surface area contributed by atoms with Gasteiger partial charge in [-0.2, -0.15) is 5.10 Å². The fourth-order valence-electron chi connectivity index (χ4n) is 5.21. The molecule has 0 fully saturated rings. The number of H-pyrrole nitrogens is 2. The van der Waals surface area contributed by atoms with Gasteiger partial charge in [-0.3, -0.25) is 15.1 Å². The summed E-state index contributed by atoms with van der Waals surface area (Å²) < 4.78 is 14.6. The highest BCUT2D eigenvalue weighted by Gasteiger charge is 2.16. The fraction of sp³-hybridized carbons (Fsp3) is 0.0606. The Kier molecular flexibility index (Phi) is 6.22. The van der Waals surface area contributed by atoms with Gasteiger partial charge in [0.05, 0.1) is 28.8 Å². The number of pyridine rings is 2. The number of anilines is 1. The van der Waals surface area contributed by atoms with Crippen LogP contribution in [0.15, 0.2) is 110 Å². The van der Waals surface area contributed by atoms with E-state index in [1.54, 1.807) is 36.8 Å². The van der Waals surface area contributed by atoms with E-state index in [9.17, 15) is 9.50 Å². The molecule has 0 saturated carbocycles. The molecule has 200 valence electrons. The van der Waals surface area contributed by atoms with Crippen molar-refractivity contribution in [2.75, 3.05) is 5.32 Å². The number of nitrogens with zero attached hydrogens (tertiary/aromatic N) is 3. The zero-order valence-electron chi connectivity index (χ0n) is 21.8. The first-order chi connectivity index (χ1) is 20.1. The van der Waals surface area contributed by atoms with Crippen LogP contribution < -0.4 is 5.32 Å². The molecule has 0 saturated heterocycles. The molecule has 1 atom stereocenters. The smallest absolute Gasteiger partial charge is 0.132 e. The monoisotopic (exact) mass is 540 g/mol. The van der Waals surface area contributed by atoms with Crippen LogP contribution in [0.4, 0.5) is 10.1 Å². The van der Waals surface area contributed by atoms with Gasteiger partial charge in [-0.15, -0.1) is 0 Å². The minimum absolute atomic E-state index is 0.317. The maximum absolute atomic E-state index is 14.6. The van der Waals surface area contributed by atoms with Crippen LogP contribution in [0.2, 0.25) is 0 Å². The van der Waals surface area contributed by atoms with Crippen molar-refractivity contribution in [2.45, 2.75) is 12.6 Å². The van der Waals surface area contributed by atoms with Crippen LogP contribution in [0, 0.1) is 5.82 Å². The van der Waals surface area contributed by atoms with Gasteiger partial charge in [0.1, 0.15) is 17.7 Å². The summed E-state index contributed by atoms with van der Waals surface area (Å²) in [6, 6.07) is 28.4. The molecule has 4 heterocycles. The second-order valence-electron chi connectivity index (χ2n) is 9.93. The van der Waals surface area contributed by atoms with Crippen molar-refractivity contribution in [1.29, 1.82) is 0 Å². The van der Waals surface area contributed by atoms with Crippen LogP contribution in [0.1, 0.15) is 5.56 Å². The maximum Gasteiger partial charge on any atom is 0.132 e. The normalized spacial score (nSPS) is 12.1. The summed E-state index contributed by atoms with van der Waals surface area (Å²) in [6.45, 7) is 0. The third-order valence-corrected chi connectivity index (χ3v) is 7.17. The summed E-state index contributed by atoms with van der Waals surface area (Å²) in [5, 5.41) is 23.2. The zero-order chi connectivity index (χ0) is 27.8. The van der Waals surface area contributed by atoms with Crippen LogP contribution in [0.3, 0.4) is 0 Å². The van der Waals surface area contributed by atoms with Gasteiger partial charge in [0.25, 0.3) is 0 Å². The SMILES string of the molecule is OC(Cc1ccccc1)Nc1cncc(-c2ccc3[nH]nc(-c4cc5c(-c6ccccc6F)nccc5[nH]4)c3c2)c1. The van der Waals surface area contributed by atoms with E-state index < -0.39 is 6.23 Å². The van der Waals surface area contributed by atoms with Gasteiger partial charge < -0.3 is 15.4 Å². The molecule has 0 radical (unpaired) electrons. The molecule has 1 unspecified atom stereocenters. The predicted molar refractivity (Wildman–Crippen MR) is 160 cm³/mol. The van der Waals surface area contributed by atoms with Crippen molar-refractivity contribution < 1.29 is 9.50 Å². The maximum atomic E-state index is 14.6. The Morgan fingerprint density at radius 2 is 1.63 bits per heavy atom. The average molecular weight is 541 g/mol. The fourth-order valence-corrected chi connectivity index (χ4v) is 5.21. The average Bonchev–Trinajstić information content (AvgIpc) is 3.62. The van der Waals surface area contributed by atoms with E-state index in [4.69, 9.17) is 0 Å². The van der Waals surface area contributed by atoms with Gasteiger partial charge >= 0.3 is 0 Å².